The molecule has 3 nitrogen and oxygen atoms in total. The Morgan fingerprint density at radius 3 is 2.31 bits per heavy atom. The van der Waals surface area contributed by atoms with Crippen molar-refractivity contribution in [3.05, 3.63) is 82.5 Å². The van der Waals surface area contributed by atoms with E-state index in [2.05, 4.69) is 12.1 Å². The Bertz CT molecular complexity index is 959. The fourth-order valence-electron chi connectivity index (χ4n) is 3.07. The molecule has 1 heterocycles. The first kappa shape index (κ1) is 17.9. The second-order valence-electron chi connectivity index (χ2n) is 6.41. The number of benzene rings is 2. The molecule has 0 unspecified atom stereocenters. The highest BCUT2D eigenvalue weighted by molar-refractivity contribution is 5.95. The molecule has 0 spiro atoms. The lowest BCUT2D eigenvalue weighted by atomic mass is 10.1. The average molecular weight is 354 g/mol. The minimum Gasteiger partial charge on any atom is -0.366 e. The molecule has 0 fully saturated rings. The van der Waals surface area contributed by atoms with E-state index in [-0.39, 0.29) is 0 Å². The summed E-state index contributed by atoms with van der Waals surface area (Å²) >= 11 is 0. The number of nitrogens with zero attached hydrogens (tertiary/aromatic N) is 1. The van der Waals surface area contributed by atoms with E-state index >= 15 is 0 Å². The molecule has 0 aliphatic heterocycles. The normalized spacial score (nSPS) is 10.9. The SMILES string of the molecule is Cc1ccc(CCn2c(-c3ccc(F)c(F)c3)cc(C(N)=O)c2C)cc1. The van der Waals surface area contributed by atoms with Gasteiger partial charge >= 0.3 is 0 Å². The van der Waals surface area contributed by atoms with Crippen LogP contribution in [0.25, 0.3) is 11.3 Å². The van der Waals surface area contributed by atoms with Gasteiger partial charge in [0.2, 0.25) is 0 Å². The number of aromatic nitrogens is 1. The molecule has 0 aliphatic carbocycles. The van der Waals surface area contributed by atoms with E-state index in [4.69, 9.17) is 5.73 Å². The molecule has 5 heteroatoms. The summed E-state index contributed by atoms with van der Waals surface area (Å²) in [6.07, 6.45) is 0.741. The second kappa shape index (κ2) is 7.12. The van der Waals surface area contributed by atoms with Crippen LogP contribution >= 0.6 is 0 Å². The van der Waals surface area contributed by atoms with E-state index in [1.54, 1.807) is 13.0 Å². The van der Waals surface area contributed by atoms with Crippen molar-refractivity contribution in [2.45, 2.75) is 26.8 Å². The summed E-state index contributed by atoms with van der Waals surface area (Å²) in [6, 6.07) is 13.6. The van der Waals surface area contributed by atoms with E-state index in [0.29, 0.717) is 29.1 Å². The molecule has 0 atom stereocenters. The van der Waals surface area contributed by atoms with Crippen molar-refractivity contribution in [2.75, 3.05) is 0 Å². The zero-order chi connectivity index (χ0) is 18.8. The van der Waals surface area contributed by atoms with Crippen LogP contribution in [0, 0.1) is 25.5 Å². The Labute approximate surface area is 151 Å². The fraction of sp³-hybridized carbons (Fsp3) is 0.190. The minimum atomic E-state index is -0.924. The van der Waals surface area contributed by atoms with Crippen LogP contribution < -0.4 is 5.73 Å². The Morgan fingerprint density at radius 2 is 1.69 bits per heavy atom. The van der Waals surface area contributed by atoms with Gasteiger partial charge in [-0.05, 0) is 50.1 Å². The summed E-state index contributed by atoms with van der Waals surface area (Å²) in [5.74, 6) is -2.37. The first-order chi connectivity index (χ1) is 12.4. The Kier molecular flexibility index (Phi) is 4.89. The van der Waals surface area contributed by atoms with Crippen molar-refractivity contribution < 1.29 is 13.6 Å². The van der Waals surface area contributed by atoms with Gasteiger partial charge in [-0.25, -0.2) is 8.78 Å². The van der Waals surface area contributed by atoms with Crippen molar-refractivity contribution in [1.82, 2.24) is 4.57 Å². The molecule has 0 saturated carbocycles. The Balaban J connectivity index is 2.00. The summed E-state index contributed by atoms with van der Waals surface area (Å²) in [7, 11) is 0. The van der Waals surface area contributed by atoms with Crippen LogP contribution in [0.2, 0.25) is 0 Å². The quantitative estimate of drug-likeness (QED) is 0.726. The van der Waals surface area contributed by atoms with E-state index in [9.17, 15) is 13.6 Å². The van der Waals surface area contributed by atoms with Crippen LogP contribution in [0.1, 0.15) is 27.2 Å². The molecule has 3 aromatic rings. The van der Waals surface area contributed by atoms with Crippen LogP contribution in [0.5, 0.6) is 0 Å². The summed E-state index contributed by atoms with van der Waals surface area (Å²) in [6.45, 7) is 4.43. The molecule has 0 bridgehead atoms. The maximum atomic E-state index is 13.7. The van der Waals surface area contributed by atoms with Gasteiger partial charge in [0, 0.05) is 23.5 Å². The molecule has 0 aliphatic rings. The molecule has 1 aromatic heterocycles. The highest BCUT2D eigenvalue weighted by Crippen LogP contribution is 2.27. The summed E-state index contributed by atoms with van der Waals surface area (Å²) in [4.78, 5) is 11.7. The maximum Gasteiger partial charge on any atom is 0.250 e. The van der Waals surface area contributed by atoms with Gasteiger partial charge in [0.15, 0.2) is 11.6 Å². The molecule has 0 saturated heterocycles. The molecule has 1 amide bonds. The number of carbonyl (C=O) groups excluding carboxylic acids is 1. The number of hydrogen-bond acceptors (Lipinski definition) is 1. The third-order valence-electron chi connectivity index (χ3n) is 4.59. The Hall–Kier alpha value is -2.95. The topological polar surface area (TPSA) is 48.0 Å². The highest BCUT2D eigenvalue weighted by Gasteiger charge is 2.17. The van der Waals surface area contributed by atoms with Crippen molar-refractivity contribution in [3.63, 3.8) is 0 Å². The zero-order valence-electron chi connectivity index (χ0n) is 14.7. The number of carbonyl (C=O) groups is 1. The largest absolute Gasteiger partial charge is 0.366 e. The maximum absolute atomic E-state index is 13.7. The van der Waals surface area contributed by atoms with Crippen molar-refractivity contribution in [1.29, 1.82) is 0 Å². The highest BCUT2D eigenvalue weighted by atomic mass is 19.2. The predicted octanol–water partition coefficient (Wildman–Crippen LogP) is 4.39. The second-order valence-corrected chi connectivity index (χ2v) is 6.41. The van der Waals surface area contributed by atoms with Crippen molar-refractivity contribution >= 4 is 5.91 Å². The number of primary amides is 1. The van der Waals surface area contributed by atoms with Gasteiger partial charge in [-0.15, -0.1) is 0 Å². The first-order valence-electron chi connectivity index (χ1n) is 8.37. The lowest BCUT2D eigenvalue weighted by molar-refractivity contribution is 0.0999. The molecule has 2 N–H and O–H groups in total. The zero-order valence-corrected chi connectivity index (χ0v) is 14.7. The number of nitrogens with two attached hydrogens (primary N) is 1. The molecule has 26 heavy (non-hydrogen) atoms. The van der Waals surface area contributed by atoms with Gasteiger partial charge in [0.1, 0.15) is 0 Å². The average Bonchev–Trinajstić information content (AvgIpc) is 2.94. The van der Waals surface area contributed by atoms with Crippen LogP contribution in [-0.2, 0) is 13.0 Å². The Morgan fingerprint density at radius 1 is 1.00 bits per heavy atom. The number of amides is 1. The lowest BCUT2D eigenvalue weighted by Crippen LogP contribution is -2.13. The number of aryl methyl sites for hydroxylation is 2. The number of halogens is 2. The van der Waals surface area contributed by atoms with Gasteiger partial charge < -0.3 is 10.3 Å². The molecule has 134 valence electrons. The molecular formula is C21H20F2N2O. The van der Waals surface area contributed by atoms with Crippen LogP contribution in [0.3, 0.4) is 0 Å². The molecule has 3 rings (SSSR count). The minimum absolute atomic E-state index is 0.383. The predicted molar refractivity (Wildman–Crippen MR) is 97.9 cm³/mol. The third-order valence-corrected chi connectivity index (χ3v) is 4.59. The van der Waals surface area contributed by atoms with Crippen LogP contribution in [0.15, 0.2) is 48.5 Å². The van der Waals surface area contributed by atoms with Gasteiger partial charge in [-0.1, -0.05) is 29.8 Å². The van der Waals surface area contributed by atoms with Crippen LogP contribution in [0.4, 0.5) is 8.78 Å². The lowest BCUT2D eigenvalue weighted by Gasteiger charge is -2.13. The van der Waals surface area contributed by atoms with Gasteiger partial charge in [0.25, 0.3) is 5.91 Å². The van der Waals surface area contributed by atoms with Gasteiger partial charge in [0.05, 0.1) is 5.56 Å². The summed E-state index contributed by atoms with van der Waals surface area (Å²) in [5.41, 5.74) is 10.0. The third kappa shape index (κ3) is 3.52. The van der Waals surface area contributed by atoms with Crippen LogP contribution in [-0.4, -0.2) is 10.5 Å². The summed E-state index contributed by atoms with van der Waals surface area (Å²) in [5, 5.41) is 0. The molecule has 2 aromatic carbocycles. The number of rotatable bonds is 5. The smallest absolute Gasteiger partial charge is 0.250 e. The van der Waals surface area contributed by atoms with E-state index in [0.717, 1.165) is 24.1 Å². The summed E-state index contributed by atoms with van der Waals surface area (Å²) < 4.78 is 28.9. The van der Waals surface area contributed by atoms with E-state index < -0.39 is 17.5 Å². The van der Waals surface area contributed by atoms with Crippen molar-refractivity contribution in [2.24, 2.45) is 5.73 Å². The fourth-order valence-corrected chi connectivity index (χ4v) is 3.07. The van der Waals surface area contributed by atoms with Crippen molar-refractivity contribution in [3.8, 4) is 11.3 Å². The van der Waals surface area contributed by atoms with E-state index in [1.807, 2.05) is 23.6 Å². The molecular weight excluding hydrogens is 334 g/mol. The monoisotopic (exact) mass is 354 g/mol. The number of hydrogen-bond donors (Lipinski definition) is 1. The first-order valence-corrected chi connectivity index (χ1v) is 8.37. The van der Waals surface area contributed by atoms with Gasteiger partial charge in [-0.2, -0.15) is 0 Å². The molecule has 0 radical (unpaired) electrons. The van der Waals surface area contributed by atoms with Gasteiger partial charge in [-0.3, -0.25) is 4.79 Å². The standard InChI is InChI=1S/C21H20F2N2O/c1-13-3-5-15(6-4-13)9-10-25-14(2)17(21(24)26)12-20(25)16-7-8-18(22)19(23)11-16/h3-8,11-12H,9-10H2,1-2H3,(H2,24,26). The van der Waals surface area contributed by atoms with E-state index in [1.165, 1.54) is 11.6 Å².